The molecule has 1 heterocycles. The highest BCUT2D eigenvalue weighted by Gasteiger charge is 2.13. The van der Waals surface area contributed by atoms with Gasteiger partial charge in [0.2, 0.25) is 0 Å². The Kier molecular flexibility index (Phi) is 2.00. The van der Waals surface area contributed by atoms with Gasteiger partial charge in [0.25, 0.3) is 0 Å². The minimum Gasteiger partial charge on any atom is -0.478 e. The number of fused-ring (bicyclic) bond motifs is 1. The maximum atomic E-state index is 10.9. The number of carboxylic acid groups (broad SMARTS) is 1. The third-order valence-corrected chi connectivity index (χ3v) is 3.18. The fourth-order valence-electron chi connectivity index (χ4n) is 1.41. The standard InChI is InChI=1S/C10H9NO2S/c1-5-3-4-7(10(12)13)8-9(5)14-6(2)11-8/h3-4H,1-2H3,(H,12,13). The first kappa shape index (κ1) is 9.15. The second kappa shape index (κ2) is 3.06. The van der Waals surface area contributed by atoms with Crippen molar-refractivity contribution in [2.45, 2.75) is 13.8 Å². The molecule has 0 aliphatic heterocycles. The molecular weight excluding hydrogens is 198 g/mol. The molecule has 3 nitrogen and oxygen atoms in total. The molecule has 1 N–H and O–H groups in total. The molecule has 4 heteroatoms. The van der Waals surface area contributed by atoms with Crippen LogP contribution in [-0.2, 0) is 0 Å². The van der Waals surface area contributed by atoms with E-state index in [1.807, 2.05) is 19.9 Å². The van der Waals surface area contributed by atoms with Gasteiger partial charge in [0.05, 0.1) is 20.8 Å². The van der Waals surface area contributed by atoms with Crippen molar-refractivity contribution in [3.8, 4) is 0 Å². The number of hydrogen-bond acceptors (Lipinski definition) is 3. The van der Waals surface area contributed by atoms with E-state index >= 15 is 0 Å². The summed E-state index contributed by atoms with van der Waals surface area (Å²) in [6.45, 7) is 3.85. The largest absolute Gasteiger partial charge is 0.478 e. The third-order valence-electron chi connectivity index (χ3n) is 2.08. The first-order valence-electron chi connectivity index (χ1n) is 4.19. The SMILES string of the molecule is Cc1nc2c(C(=O)O)ccc(C)c2s1. The van der Waals surface area contributed by atoms with Crippen molar-refractivity contribution in [2.24, 2.45) is 0 Å². The minimum atomic E-state index is -0.916. The van der Waals surface area contributed by atoms with Gasteiger partial charge in [0, 0.05) is 0 Å². The molecule has 0 fully saturated rings. The van der Waals surface area contributed by atoms with E-state index in [-0.39, 0.29) is 5.56 Å². The summed E-state index contributed by atoms with van der Waals surface area (Å²) in [5, 5.41) is 9.85. The van der Waals surface area contributed by atoms with Gasteiger partial charge < -0.3 is 5.11 Å². The predicted molar refractivity (Wildman–Crippen MR) is 56.1 cm³/mol. The Hall–Kier alpha value is -1.42. The average molecular weight is 207 g/mol. The molecule has 0 saturated heterocycles. The van der Waals surface area contributed by atoms with Crippen molar-refractivity contribution in [1.29, 1.82) is 0 Å². The molecule has 0 bridgehead atoms. The number of aryl methyl sites for hydroxylation is 2. The van der Waals surface area contributed by atoms with Crippen LogP contribution in [0.1, 0.15) is 20.9 Å². The molecule has 72 valence electrons. The Labute approximate surface area is 85.0 Å². The smallest absolute Gasteiger partial charge is 0.337 e. The van der Waals surface area contributed by atoms with Crippen LogP contribution in [0.3, 0.4) is 0 Å². The van der Waals surface area contributed by atoms with E-state index in [9.17, 15) is 4.79 Å². The van der Waals surface area contributed by atoms with E-state index in [0.29, 0.717) is 5.52 Å². The number of rotatable bonds is 1. The number of aromatic carboxylic acids is 1. The number of carbonyl (C=O) groups is 1. The molecule has 0 spiro atoms. The van der Waals surface area contributed by atoms with E-state index in [2.05, 4.69) is 4.98 Å². The molecule has 0 aliphatic carbocycles. The fraction of sp³-hybridized carbons (Fsp3) is 0.200. The number of aromatic nitrogens is 1. The highest BCUT2D eigenvalue weighted by Crippen LogP contribution is 2.27. The maximum Gasteiger partial charge on any atom is 0.337 e. The lowest BCUT2D eigenvalue weighted by molar-refractivity contribution is 0.0699. The van der Waals surface area contributed by atoms with Crippen molar-refractivity contribution in [1.82, 2.24) is 4.98 Å². The van der Waals surface area contributed by atoms with Crippen LogP contribution in [0.5, 0.6) is 0 Å². The van der Waals surface area contributed by atoms with Crippen LogP contribution in [0.25, 0.3) is 10.2 Å². The van der Waals surface area contributed by atoms with Gasteiger partial charge in [-0.25, -0.2) is 9.78 Å². The Morgan fingerprint density at radius 2 is 2.14 bits per heavy atom. The van der Waals surface area contributed by atoms with Crippen LogP contribution in [0.15, 0.2) is 12.1 Å². The summed E-state index contributed by atoms with van der Waals surface area (Å²) in [6, 6.07) is 3.43. The Morgan fingerprint density at radius 3 is 2.79 bits per heavy atom. The summed E-state index contributed by atoms with van der Waals surface area (Å²) in [5.74, 6) is -0.916. The first-order valence-corrected chi connectivity index (χ1v) is 5.01. The van der Waals surface area contributed by atoms with Crippen LogP contribution >= 0.6 is 11.3 Å². The molecule has 0 amide bonds. The van der Waals surface area contributed by atoms with Crippen molar-refractivity contribution in [3.63, 3.8) is 0 Å². The van der Waals surface area contributed by atoms with Gasteiger partial charge in [0.1, 0.15) is 0 Å². The van der Waals surface area contributed by atoms with Crippen LogP contribution in [0.2, 0.25) is 0 Å². The Morgan fingerprint density at radius 1 is 1.43 bits per heavy atom. The number of nitrogens with zero attached hydrogens (tertiary/aromatic N) is 1. The van der Waals surface area contributed by atoms with Crippen LogP contribution in [0.4, 0.5) is 0 Å². The summed E-state index contributed by atoms with van der Waals surface area (Å²) < 4.78 is 0.974. The molecular formula is C10H9NO2S. The third kappa shape index (κ3) is 1.28. The lowest BCUT2D eigenvalue weighted by Crippen LogP contribution is -1.97. The van der Waals surface area contributed by atoms with Gasteiger partial charge >= 0.3 is 5.97 Å². The number of hydrogen-bond donors (Lipinski definition) is 1. The Balaban J connectivity index is 2.87. The second-order valence-electron chi connectivity index (χ2n) is 3.15. The average Bonchev–Trinajstić information content (AvgIpc) is 2.47. The highest BCUT2D eigenvalue weighted by atomic mass is 32.1. The molecule has 1 aromatic carbocycles. The van der Waals surface area contributed by atoms with Gasteiger partial charge in [0.15, 0.2) is 0 Å². The second-order valence-corrected chi connectivity index (χ2v) is 4.35. The summed E-state index contributed by atoms with van der Waals surface area (Å²) in [5.41, 5.74) is 1.98. The lowest BCUT2D eigenvalue weighted by Gasteiger charge is -1.97. The van der Waals surface area contributed by atoms with Crippen LogP contribution in [0, 0.1) is 13.8 Å². The summed E-state index contributed by atoms with van der Waals surface area (Å²) in [6.07, 6.45) is 0. The quantitative estimate of drug-likeness (QED) is 0.782. The van der Waals surface area contributed by atoms with Crippen molar-refractivity contribution >= 4 is 27.5 Å². The maximum absolute atomic E-state index is 10.9. The topological polar surface area (TPSA) is 50.2 Å². The van der Waals surface area contributed by atoms with Gasteiger partial charge in [-0.05, 0) is 25.5 Å². The van der Waals surface area contributed by atoms with Crippen LogP contribution < -0.4 is 0 Å². The van der Waals surface area contributed by atoms with Gasteiger partial charge in [-0.1, -0.05) is 6.07 Å². The van der Waals surface area contributed by atoms with E-state index in [0.717, 1.165) is 15.3 Å². The lowest BCUT2D eigenvalue weighted by atomic mass is 10.1. The van der Waals surface area contributed by atoms with Crippen LogP contribution in [-0.4, -0.2) is 16.1 Å². The number of carboxylic acids is 1. The molecule has 0 atom stereocenters. The molecule has 0 aliphatic rings. The Bertz CT molecular complexity index is 516. The molecule has 1 aromatic heterocycles. The van der Waals surface area contributed by atoms with E-state index in [4.69, 9.17) is 5.11 Å². The van der Waals surface area contributed by atoms with E-state index in [1.54, 1.807) is 6.07 Å². The molecule has 0 saturated carbocycles. The van der Waals surface area contributed by atoms with E-state index < -0.39 is 5.97 Å². The summed E-state index contributed by atoms with van der Waals surface area (Å²) in [7, 11) is 0. The van der Waals surface area contributed by atoms with Gasteiger partial charge in [-0.3, -0.25) is 0 Å². The molecule has 2 rings (SSSR count). The monoisotopic (exact) mass is 207 g/mol. The first-order chi connectivity index (χ1) is 6.59. The zero-order valence-corrected chi connectivity index (χ0v) is 8.68. The molecule has 2 aromatic rings. The number of benzene rings is 1. The zero-order chi connectivity index (χ0) is 10.3. The minimum absolute atomic E-state index is 0.287. The zero-order valence-electron chi connectivity index (χ0n) is 7.87. The van der Waals surface area contributed by atoms with Gasteiger partial charge in [-0.15, -0.1) is 11.3 Å². The molecule has 14 heavy (non-hydrogen) atoms. The molecule has 0 unspecified atom stereocenters. The normalized spacial score (nSPS) is 10.7. The summed E-state index contributed by atoms with van der Waals surface area (Å²) in [4.78, 5) is 15.1. The van der Waals surface area contributed by atoms with Crippen molar-refractivity contribution in [2.75, 3.05) is 0 Å². The summed E-state index contributed by atoms with van der Waals surface area (Å²) >= 11 is 1.54. The van der Waals surface area contributed by atoms with Crippen molar-refractivity contribution < 1.29 is 9.90 Å². The predicted octanol–water partition coefficient (Wildman–Crippen LogP) is 2.61. The number of thiazole rings is 1. The fourth-order valence-corrected chi connectivity index (χ4v) is 2.33. The molecule has 0 radical (unpaired) electrons. The van der Waals surface area contributed by atoms with Crippen molar-refractivity contribution in [3.05, 3.63) is 28.3 Å². The van der Waals surface area contributed by atoms with Gasteiger partial charge in [-0.2, -0.15) is 0 Å². The highest BCUT2D eigenvalue weighted by molar-refractivity contribution is 7.18. The van der Waals surface area contributed by atoms with E-state index in [1.165, 1.54) is 11.3 Å².